The van der Waals surface area contributed by atoms with Crippen molar-refractivity contribution in [3.05, 3.63) is 47.5 Å². The van der Waals surface area contributed by atoms with Crippen LogP contribution >= 0.6 is 23.4 Å². The first kappa shape index (κ1) is 14.2. The molecule has 100 valence electrons. The molecule has 3 nitrogen and oxygen atoms in total. The van der Waals surface area contributed by atoms with Gasteiger partial charge in [-0.3, -0.25) is 0 Å². The molecule has 0 aliphatic heterocycles. The van der Waals surface area contributed by atoms with Crippen LogP contribution in [0.1, 0.15) is 0 Å². The summed E-state index contributed by atoms with van der Waals surface area (Å²) in [6.45, 7) is 0. The van der Waals surface area contributed by atoms with Crippen molar-refractivity contribution in [3.63, 3.8) is 0 Å². The first-order valence-electron chi connectivity index (χ1n) is 5.39. The smallest absolute Gasteiger partial charge is 0.175 e. The third kappa shape index (κ3) is 3.65. The summed E-state index contributed by atoms with van der Waals surface area (Å²) in [4.78, 5) is 2.10. The summed E-state index contributed by atoms with van der Waals surface area (Å²) in [5.74, 6) is 0. The molecule has 0 radical (unpaired) electrons. The van der Waals surface area contributed by atoms with E-state index in [2.05, 4.69) is 0 Å². The van der Waals surface area contributed by atoms with E-state index in [-0.39, 0.29) is 0 Å². The number of benzene rings is 2. The van der Waals surface area contributed by atoms with Crippen molar-refractivity contribution in [3.8, 4) is 0 Å². The van der Waals surface area contributed by atoms with E-state index in [9.17, 15) is 8.42 Å². The summed E-state index contributed by atoms with van der Waals surface area (Å²) >= 11 is 7.55. The Morgan fingerprint density at radius 2 is 1.74 bits per heavy atom. The Morgan fingerprint density at radius 3 is 2.26 bits per heavy atom. The molecular weight excluding hydrogens is 302 g/mol. The largest absolute Gasteiger partial charge is 0.399 e. The van der Waals surface area contributed by atoms with Crippen molar-refractivity contribution in [2.75, 3.05) is 12.0 Å². The second-order valence-electron chi connectivity index (χ2n) is 4.04. The van der Waals surface area contributed by atoms with Crippen LogP contribution in [-0.2, 0) is 9.84 Å². The van der Waals surface area contributed by atoms with Crippen LogP contribution in [0.2, 0.25) is 5.02 Å². The number of hydrogen-bond acceptors (Lipinski definition) is 4. The Bertz CT molecular complexity index is 697. The van der Waals surface area contributed by atoms with Gasteiger partial charge in [-0.25, -0.2) is 8.42 Å². The van der Waals surface area contributed by atoms with Gasteiger partial charge in [0.2, 0.25) is 0 Å². The Balaban J connectivity index is 2.25. The average Bonchev–Trinajstić information content (AvgIpc) is 2.32. The molecule has 2 aromatic rings. The van der Waals surface area contributed by atoms with E-state index >= 15 is 0 Å². The fraction of sp³-hybridized carbons (Fsp3) is 0.0769. The molecule has 0 saturated carbocycles. The molecule has 0 saturated heterocycles. The monoisotopic (exact) mass is 313 g/mol. The maximum atomic E-state index is 11.4. The Labute approximate surface area is 121 Å². The molecular formula is C13H12ClNO2S2. The van der Waals surface area contributed by atoms with Crippen molar-refractivity contribution in [2.24, 2.45) is 0 Å². The summed E-state index contributed by atoms with van der Waals surface area (Å²) in [6.07, 6.45) is 1.19. The highest BCUT2D eigenvalue weighted by Crippen LogP contribution is 2.34. The van der Waals surface area contributed by atoms with Gasteiger partial charge in [0.15, 0.2) is 9.84 Å². The van der Waals surface area contributed by atoms with E-state index in [0.29, 0.717) is 15.6 Å². The molecule has 0 spiro atoms. The summed E-state index contributed by atoms with van der Waals surface area (Å²) in [6, 6.07) is 12.0. The zero-order valence-electron chi connectivity index (χ0n) is 10.1. The zero-order chi connectivity index (χ0) is 14.0. The van der Waals surface area contributed by atoms with E-state index in [0.717, 1.165) is 9.79 Å². The molecule has 6 heteroatoms. The third-order valence-electron chi connectivity index (χ3n) is 2.44. The summed E-state index contributed by atoms with van der Waals surface area (Å²) in [5.41, 5.74) is 6.24. The number of anilines is 1. The molecule has 0 heterocycles. The number of nitrogens with two attached hydrogens (primary N) is 1. The second kappa shape index (κ2) is 5.45. The van der Waals surface area contributed by atoms with Crippen molar-refractivity contribution in [1.82, 2.24) is 0 Å². The number of hydrogen-bond donors (Lipinski definition) is 1. The quantitative estimate of drug-likeness (QED) is 0.881. The van der Waals surface area contributed by atoms with E-state index in [1.165, 1.54) is 18.0 Å². The zero-order valence-corrected chi connectivity index (χ0v) is 12.5. The average molecular weight is 314 g/mol. The molecule has 19 heavy (non-hydrogen) atoms. The highest BCUT2D eigenvalue weighted by molar-refractivity contribution is 7.99. The van der Waals surface area contributed by atoms with Gasteiger partial charge < -0.3 is 5.73 Å². The third-order valence-corrected chi connectivity index (χ3v) is 5.07. The van der Waals surface area contributed by atoms with Gasteiger partial charge in [-0.2, -0.15) is 0 Å². The van der Waals surface area contributed by atoms with Crippen LogP contribution in [0.4, 0.5) is 5.69 Å². The van der Waals surface area contributed by atoms with Crippen molar-refractivity contribution >= 4 is 38.9 Å². The van der Waals surface area contributed by atoms with Crippen LogP contribution in [0, 0.1) is 0 Å². The normalized spacial score (nSPS) is 11.5. The molecule has 0 aromatic heterocycles. The van der Waals surface area contributed by atoms with Crippen molar-refractivity contribution in [1.29, 1.82) is 0 Å². The molecule has 2 N–H and O–H groups in total. The second-order valence-corrected chi connectivity index (χ2v) is 7.57. The van der Waals surface area contributed by atoms with Gasteiger partial charge >= 0.3 is 0 Å². The summed E-state index contributed by atoms with van der Waals surface area (Å²) in [7, 11) is -3.16. The first-order valence-corrected chi connectivity index (χ1v) is 8.48. The van der Waals surface area contributed by atoms with E-state index in [1.807, 2.05) is 6.07 Å². The molecule has 0 amide bonds. The molecule has 0 unspecified atom stereocenters. The fourth-order valence-electron chi connectivity index (χ4n) is 1.48. The van der Waals surface area contributed by atoms with Gasteiger partial charge in [0.05, 0.1) is 9.92 Å². The van der Waals surface area contributed by atoms with Crippen LogP contribution < -0.4 is 5.73 Å². The summed E-state index contributed by atoms with van der Waals surface area (Å²) in [5, 5.41) is 0.581. The SMILES string of the molecule is CS(=O)(=O)c1ccc(Sc2ccc(N)cc2Cl)cc1. The Morgan fingerprint density at radius 1 is 1.11 bits per heavy atom. The molecule has 0 aliphatic carbocycles. The lowest BCUT2D eigenvalue weighted by atomic mass is 10.3. The molecule has 0 atom stereocenters. The minimum absolute atomic E-state index is 0.306. The standard InChI is InChI=1S/C13H12ClNO2S2/c1-19(16,17)11-5-3-10(4-6-11)18-13-7-2-9(15)8-12(13)14/h2-8H,15H2,1H3. The first-order chi connectivity index (χ1) is 8.86. The maximum absolute atomic E-state index is 11.4. The fourth-order valence-corrected chi connectivity index (χ4v) is 3.24. The van der Waals surface area contributed by atoms with Gasteiger partial charge in [0.25, 0.3) is 0 Å². The lowest BCUT2D eigenvalue weighted by molar-refractivity contribution is 0.602. The van der Waals surface area contributed by atoms with E-state index in [4.69, 9.17) is 17.3 Å². The molecule has 0 aliphatic rings. The van der Waals surface area contributed by atoms with Crippen LogP contribution in [-0.4, -0.2) is 14.7 Å². The highest BCUT2D eigenvalue weighted by Gasteiger charge is 2.08. The Kier molecular flexibility index (Phi) is 4.08. The predicted molar refractivity (Wildman–Crippen MR) is 79.5 cm³/mol. The number of halogens is 1. The molecule has 2 aromatic carbocycles. The molecule has 0 fully saturated rings. The number of nitrogen functional groups attached to an aromatic ring is 1. The van der Waals surface area contributed by atoms with Gasteiger partial charge in [-0.1, -0.05) is 23.4 Å². The van der Waals surface area contributed by atoms with Gasteiger partial charge in [-0.15, -0.1) is 0 Å². The van der Waals surface area contributed by atoms with Crippen LogP contribution in [0.3, 0.4) is 0 Å². The van der Waals surface area contributed by atoms with E-state index in [1.54, 1.807) is 36.4 Å². The topological polar surface area (TPSA) is 60.2 Å². The minimum Gasteiger partial charge on any atom is -0.399 e. The molecule has 2 rings (SSSR count). The van der Waals surface area contributed by atoms with Crippen molar-refractivity contribution < 1.29 is 8.42 Å². The van der Waals surface area contributed by atoms with Gasteiger partial charge in [-0.05, 0) is 42.5 Å². The minimum atomic E-state index is -3.16. The number of sulfone groups is 1. The predicted octanol–water partition coefficient (Wildman–Crippen LogP) is 3.48. The lowest BCUT2D eigenvalue weighted by Gasteiger charge is -2.06. The highest BCUT2D eigenvalue weighted by atomic mass is 35.5. The van der Waals surface area contributed by atoms with E-state index < -0.39 is 9.84 Å². The number of rotatable bonds is 3. The Hall–Kier alpha value is -1.17. The van der Waals surface area contributed by atoms with Crippen LogP contribution in [0.25, 0.3) is 0 Å². The van der Waals surface area contributed by atoms with Crippen LogP contribution in [0.5, 0.6) is 0 Å². The van der Waals surface area contributed by atoms with Gasteiger partial charge in [0, 0.05) is 21.7 Å². The molecule has 0 bridgehead atoms. The maximum Gasteiger partial charge on any atom is 0.175 e. The summed E-state index contributed by atoms with van der Waals surface area (Å²) < 4.78 is 22.7. The van der Waals surface area contributed by atoms with Crippen LogP contribution in [0.15, 0.2) is 57.2 Å². The van der Waals surface area contributed by atoms with Gasteiger partial charge in [0.1, 0.15) is 0 Å². The van der Waals surface area contributed by atoms with Crippen molar-refractivity contribution in [2.45, 2.75) is 14.7 Å². The lowest BCUT2D eigenvalue weighted by Crippen LogP contribution is -1.95.